The number of urea groups is 1. The predicted octanol–water partition coefficient (Wildman–Crippen LogP) is 0.918. The van der Waals surface area contributed by atoms with Crippen molar-refractivity contribution in [2.75, 3.05) is 13.1 Å². The molecule has 3 amide bonds. The first-order valence-electron chi connectivity index (χ1n) is 6.62. The topological polar surface area (TPSA) is 61.4 Å². The standard InChI is InChI=1S/C14H16FN3O2/c1-9-6-11(15)3-2-10(9)7-18-12(19)14(17-13(18)20)4-5-16-8-14/h2-3,6,16H,4-5,7-8H2,1H3,(H,17,20). The maximum absolute atomic E-state index is 13.1. The second-order valence-corrected chi connectivity index (χ2v) is 5.40. The molecule has 2 N–H and O–H groups in total. The Hall–Kier alpha value is -1.95. The van der Waals surface area contributed by atoms with Crippen molar-refractivity contribution in [3.05, 3.63) is 35.1 Å². The van der Waals surface area contributed by atoms with Crippen molar-refractivity contribution >= 4 is 11.9 Å². The van der Waals surface area contributed by atoms with Crippen molar-refractivity contribution in [2.24, 2.45) is 0 Å². The predicted molar refractivity (Wildman–Crippen MR) is 70.4 cm³/mol. The van der Waals surface area contributed by atoms with Gasteiger partial charge in [-0.05, 0) is 43.1 Å². The number of carbonyl (C=O) groups excluding carboxylic acids is 2. The van der Waals surface area contributed by atoms with E-state index in [9.17, 15) is 14.0 Å². The van der Waals surface area contributed by atoms with Gasteiger partial charge < -0.3 is 10.6 Å². The molecule has 1 aromatic carbocycles. The molecular formula is C14H16FN3O2. The average molecular weight is 277 g/mol. The summed E-state index contributed by atoms with van der Waals surface area (Å²) in [6.07, 6.45) is 0.608. The number of aryl methyl sites for hydroxylation is 1. The highest BCUT2D eigenvalue weighted by atomic mass is 19.1. The first kappa shape index (κ1) is 13.1. The van der Waals surface area contributed by atoms with Crippen LogP contribution in [0, 0.1) is 12.7 Å². The zero-order valence-corrected chi connectivity index (χ0v) is 11.2. The Labute approximate surface area is 116 Å². The minimum atomic E-state index is -0.787. The van der Waals surface area contributed by atoms with Crippen LogP contribution in [0.3, 0.4) is 0 Å². The zero-order chi connectivity index (χ0) is 14.3. The number of benzene rings is 1. The van der Waals surface area contributed by atoms with Crippen LogP contribution in [0.4, 0.5) is 9.18 Å². The Balaban J connectivity index is 1.84. The summed E-state index contributed by atoms with van der Waals surface area (Å²) in [5, 5.41) is 5.88. The lowest BCUT2D eigenvalue weighted by atomic mass is 9.99. The minimum absolute atomic E-state index is 0.179. The lowest BCUT2D eigenvalue weighted by molar-refractivity contribution is -0.131. The van der Waals surface area contributed by atoms with Crippen LogP contribution in [0.1, 0.15) is 17.5 Å². The fraction of sp³-hybridized carbons (Fsp3) is 0.429. The first-order valence-corrected chi connectivity index (χ1v) is 6.62. The van der Waals surface area contributed by atoms with Gasteiger partial charge in [-0.1, -0.05) is 6.07 Å². The van der Waals surface area contributed by atoms with E-state index < -0.39 is 5.54 Å². The molecular weight excluding hydrogens is 261 g/mol. The van der Waals surface area contributed by atoms with E-state index in [1.165, 1.54) is 17.0 Å². The summed E-state index contributed by atoms with van der Waals surface area (Å²) in [7, 11) is 0. The Bertz CT molecular complexity index is 582. The fourth-order valence-corrected chi connectivity index (χ4v) is 2.81. The minimum Gasteiger partial charge on any atom is -0.322 e. The quantitative estimate of drug-likeness (QED) is 0.790. The van der Waals surface area contributed by atoms with Crippen molar-refractivity contribution in [1.29, 1.82) is 0 Å². The smallest absolute Gasteiger partial charge is 0.322 e. The van der Waals surface area contributed by atoms with Crippen LogP contribution in [0.5, 0.6) is 0 Å². The van der Waals surface area contributed by atoms with Crippen molar-refractivity contribution < 1.29 is 14.0 Å². The molecule has 1 unspecified atom stereocenters. The summed E-state index contributed by atoms with van der Waals surface area (Å²) in [6, 6.07) is 3.99. The highest BCUT2D eigenvalue weighted by Crippen LogP contribution is 2.26. The molecule has 106 valence electrons. The molecule has 2 saturated heterocycles. The van der Waals surface area contributed by atoms with Gasteiger partial charge in [0.05, 0.1) is 6.54 Å². The third-order valence-electron chi connectivity index (χ3n) is 4.03. The van der Waals surface area contributed by atoms with Crippen LogP contribution in [0.25, 0.3) is 0 Å². The molecule has 2 aliphatic heterocycles. The Morgan fingerprint density at radius 1 is 1.40 bits per heavy atom. The van der Waals surface area contributed by atoms with E-state index in [2.05, 4.69) is 10.6 Å². The molecule has 1 spiro atoms. The van der Waals surface area contributed by atoms with Crippen LogP contribution in [-0.4, -0.2) is 35.5 Å². The van der Waals surface area contributed by atoms with E-state index >= 15 is 0 Å². The van der Waals surface area contributed by atoms with Gasteiger partial charge in [-0.3, -0.25) is 9.69 Å². The number of halogens is 1. The Morgan fingerprint density at radius 2 is 2.20 bits per heavy atom. The van der Waals surface area contributed by atoms with Crippen molar-refractivity contribution in [3.8, 4) is 0 Å². The summed E-state index contributed by atoms with van der Waals surface area (Å²) in [6.45, 7) is 3.13. The number of hydrogen-bond acceptors (Lipinski definition) is 3. The van der Waals surface area contributed by atoms with E-state index in [1.54, 1.807) is 13.0 Å². The molecule has 20 heavy (non-hydrogen) atoms. The van der Waals surface area contributed by atoms with Gasteiger partial charge in [0, 0.05) is 6.54 Å². The van der Waals surface area contributed by atoms with E-state index in [1.807, 2.05) is 0 Å². The van der Waals surface area contributed by atoms with Gasteiger partial charge in [-0.15, -0.1) is 0 Å². The van der Waals surface area contributed by atoms with E-state index in [4.69, 9.17) is 0 Å². The normalized spacial score (nSPS) is 25.6. The molecule has 0 saturated carbocycles. The molecule has 1 atom stereocenters. The van der Waals surface area contributed by atoms with Gasteiger partial charge in [0.25, 0.3) is 5.91 Å². The van der Waals surface area contributed by atoms with Crippen LogP contribution < -0.4 is 10.6 Å². The molecule has 2 heterocycles. The SMILES string of the molecule is Cc1cc(F)ccc1CN1C(=O)NC2(CCNC2)C1=O. The van der Waals surface area contributed by atoms with Crippen LogP contribution in [0.15, 0.2) is 18.2 Å². The molecule has 0 radical (unpaired) electrons. The van der Waals surface area contributed by atoms with Crippen LogP contribution in [0.2, 0.25) is 0 Å². The molecule has 0 aromatic heterocycles. The number of nitrogens with one attached hydrogen (secondary N) is 2. The van der Waals surface area contributed by atoms with E-state index in [0.29, 0.717) is 13.0 Å². The van der Waals surface area contributed by atoms with Crippen LogP contribution >= 0.6 is 0 Å². The number of hydrogen-bond donors (Lipinski definition) is 2. The molecule has 1 aromatic rings. The van der Waals surface area contributed by atoms with Gasteiger partial charge in [0.2, 0.25) is 0 Å². The van der Waals surface area contributed by atoms with Crippen LogP contribution in [-0.2, 0) is 11.3 Å². The van der Waals surface area contributed by atoms with Gasteiger partial charge in [-0.2, -0.15) is 0 Å². The van der Waals surface area contributed by atoms with E-state index in [-0.39, 0.29) is 24.3 Å². The molecule has 5 nitrogen and oxygen atoms in total. The lowest BCUT2D eigenvalue weighted by Crippen LogP contribution is -2.48. The van der Waals surface area contributed by atoms with Gasteiger partial charge in [-0.25, -0.2) is 9.18 Å². The maximum atomic E-state index is 13.1. The summed E-state index contributed by atoms with van der Waals surface area (Å²) in [4.78, 5) is 25.7. The summed E-state index contributed by atoms with van der Waals surface area (Å²) >= 11 is 0. The number of nitrogens with zero attached hydrogens (tertiary/aromatic N) is 1. The van der Waals surface area contributed by atoms with Crippen molar-refractivity contribution in [3.63, 3.8) is 0 Å². The Kier molecular flexibility index (Phi) is 2.97. The highest BCUT2D eigenvalue weighted by molar-refractivity contribution is 6.07. The second-order valence-electron chi connectivity index (χ2n) is 5.40. The fourth-order valence-electron chi connectivity index (χ4n) is 2.81. The lowest BCUT2D eigenvalue weighted by Gasteiger charge is -2.19. The molecule has 0 aliphatic carbocycles. The third kappa shape index (κ3) is 1.96. The van der Waals surface area contributed by atoms with Gasteiger partial charge in [0.15, 0.2) is 0 Å². The van der Waals surface area contributed by atoms with Gasteiger partial charge in [0.1, 0.15) is 11.4 Å². The van der Waals surface area contributed by atoms with Gasteiger partial charge >= 0.3 is 6.03 Å². The molecule has 6 heteroatoms. The number of amides is 3. The summed E-state index contributed by atoms with van der Waals surface area (Å²) in [5.41, 5.74) is 0.722. The number of carbonyl (C=O) groups is 2. The first-order chi connectivity index (χ1) is 9.52. The molecule has 2 aliphatic rings. The number of rotatable bonds is 2. The molecule has 0 bridgehead atoms. The third-order valence-corrected chi connectivity index (χ3v) is 4.03. The zero-order valence-electron chi connectivity index (χ0n) is 11.2. The number of imide groups is 1. The Morgan fingerprint density at radius 3 is 2.85 bits per heavy atom. The summed E-state index contributed by atoms with van der Waals surface area (Å²) in [5.74, 6) is -0.517. The largest absolute Gasteiger partial charge is 0.325 e. The second kappa shape index (κ2) is 4.56. The van der Waals surface area contributed by atoms with Crippen molar-refractivity contribution in [1.82, 2.24) is 15.5 Å². The monoisotopic (exact) mass is 277 g/mol. The maximum Gasteiger partial charge on any atom is 0.325 e. The van der Waals surface area contributed by atoms with E-state index in [0.717, 1.165) is 17.7 Å². The highest BCUT2D eigenvalue weighted by Gasteiger charge is 2.52. The average Bonchev–Trinajstić information content (AvgIpc) is 2.94. The molecule has 3 rings (SSSR count). The molecule has 2 fully saturated rings. The summed E-state index contributed by atoms with van der Waals surface area (Å²) < 4.78 is 13.1. The van der Waals surface area contributed by atoms with Crippen molar-refractivity contribution in [2.45, 2.75) is 25.4 Å².